The number of imidazole rings is 1. The van der Waals surface area contributed by atoms with E-state index in [1.54, 1.807) is 6.20 Å². The average Bonchev–Trinajstić information content (AvgIpc) is 3.10. The first-order chi connectivity index (χ1) is 14.7. The Balaban J connectivity index is 1.67. The molecule has 4 rings (SSSR count). The number of fused-ring (bicyclic) bond motifs is 1. The van der Waals surface area contributed by atoms with Gasteiger partial charge in [0.05, 0.1) is 28.6 Å². The number of aliphatic imine (C=N–C) groups is 1. The Bertz CT molecular complexity index is 1130. The van der Waals surface area contributed by atoms with Crippen LogP contribution in [0.25, 0.3) is 5.65 Å². The molecule has 1 fully saturated rings. The number of amidine groups is 1. The van der Waals surface area contributed by atoms with Crippen LogP contribution in [0.3, 0.4) is 0 Å². The zero-order chi connectivity index (χ0) is 22.3. The molecule has 31 heavy (non-hydrogen) atoms. The maximum Gasteiger partial charge on any atom is 0.173 e. The van der Waals surface area contributed by atoms with E-state index in [0.29, 0.717) is 34.1 Å². The van der Waals surface area contributed by atoms with E-state index in [9.17, 15) is 9.50 Å². The van der Waals surface area contributed by atoms with Crippen LogP contribution in [0, 0.1) is 5.82 Å². The molecule has 8 nitrogen and oxygen atoms in total. The highest BCUT2D eigenvalue weighted by Crippen LogP contribution is 2.31. The largest absolute Gasteiger partial charge is 0.398 e. The molecule has 6 N–H and O–H groups in total. The van der Waals surface area contributed by atoms with Gasteiger partial charge >= 0.3 is 0 Å². The molecule has 164 valence electrons. The fourth-order valence-electron chi connectivity index (χ4n) is 4.03. The fraction of sp³-hybridized carbons (Fsp3) is 0.333. The van der Waals surface area contributed by atoms with Crippen LogP contribution in [0.1, 0.15) is 25.1 Å². The second-order valence-corrected chi connectivity index (χ2v) is 8.34. The zero-order valence-corrected chi connectivity index (χ0v) is 18.1. The van der Waals surface area contributed by atoms with Crippen LogP contribution in [0.4, 0.5) is 21.5 Å². The first kappa shape index (κ1) is 21.4. The second kappa shape index (κ2) is 8.33. The summed E-state index contributed by atoms with van der Waals surface area (Å²) in [4.78, 5) is 10.6. The summed E-state index contributed by atoms with van der Waals surface area (Å²) in [6.07, 6.45) is 3.10. The quantitative estimate of drug-likeness (QED) is 0.278. The lowest BCUT2D eigenvalue weighted by atomic mass is 10.1. The molecule has 10 heteroatoms. The number of nitrogen functional groups attached to an aromatic ring is 1. The van der Waals surface area contributed by atoms with Crippen LogP contribution in [-0.2, 0) is 6.61 Å². The first-order valence-corrected chi connectivity index (χ1v) is 10.4. The van der Waals surface area contributed by atoms with Gasteiger partial charge in [0.1, 0.15) is 5.84 Å². The number of halogens is 2. The molecule has 3 aromatic rings. The van der Waals surface area contributed by atoms with Crippen molar-refractivity contribution in [2.24, 2.45) is 10.7 Å². The third kappa shape index (κ3) is 4.30. The van der Waals surface area contributed by atoms with Gasteiger partial charge in [0.25, 0.3) is 0 Å². The van der Waals surface area contributed by atoms with Crippen LogP contribution in [0.15, 0.2) is 35.6 Å². The Labute approximate surface area is 184 Å². The van der Waals surface area contributed by atoms with E-state index in [-0.39, 0.29) is 23.8 Å². The third-order valence-corrected chi connectivity index (χ3v) is 5.54. The van der Waals surface area contributed by atoms with Crippen molar-refractivity contribution in [1.29, 1.82) is 0 Å². The van der Waals surface area contributed by atoms with E-state index < -0.39 is 5.82 Å². The van der Waals surface area contributed by atoms with E-state index in [2.05, 4.69) is 34.0 Å². The number of aliphatic hydroxyl groups is 1. The van der Waals surface area contributed by atoms with Crippen LogP contribution in [0.2, 0.25) is 5.02 Å². The molecule has 3 heterocycles. The number of hydrogen-bond donors (Lipinski definition) is 4. The van der Waals surface area contributed by atoms with Crippen LogP contribution in [0.5, 0.6) is 0 Å². The predicted molar refractivity (Wildman–Crippen MR) is 122 cm³/mol. The molecule has 2 unspecified atom stereocenters. The van der Waals surface area contributed by atoms with E-state index in [0.717, 1.165) is 18.8 Å². The number of aromatic nitrogens is 2. The lowest BCUT2D eigenvalue weighted by Crippen LogP contribution is -2.54. The van der Waals surface area contributed by atoms with Crippen LogP contribution < -0.4 is 21.7 Å². The van der Waals surface area contributed by atoms with Gasteiger partial charge in [-0.05, 0) is 26.0 Å². The number of nitrogens with zero attached hydrogens (tertiary/aromatic N) is 4. The van der Waals surface area contributed by atoms with Gasteiger partial charge in [-0.2, -0.15) is 0 Å². The van der Waals surface area contributed by atoms with Gasteiger partial charge in [0.15, 0.2) is 11.5 Å². The normalized spacial score (nSPS) is 19.9. The molecule has 2 atom stereocenters. The summed E-state index contributed by atoms with van der Waals surface area (Å²) < 4.78 is 15.8. The van der Waals surface area contributed by atoms with Crippen molar-refractivity contribution in [3.8, 4) is 0 Å². The van der Waals surface area contributed by atoms with Crippen LogP contribution in [-0.4, -0.2) is 45.5 Å². The molecule has 1 aromatic carbocycles. The zero-order valence-electron chi connectivity index (χ0n) is 17.3. The molecule has 0 bridgehead atoms. The number of rotatable bonds is 4. The predicted octanol–water partition coefficient (Wildman–Crippen LogP) is 2.42. The van der Waals surface area contributed by atoms with E-state index in [4.69, 9.17) is 23.1 Å². The number of hydrogen-bond acceptors (Lipinski definition) is 6. The Morgan fingerprint density at radius 1 is 1.29 bits per heavy atom. The lowest BCUT2D eigenvalue weighted by molar-refractivity contribution is 0.277. The Morgan fingerprint density at radius 3 is 2.65 bits per heavy atom. The van der Waals surface area contributed by atoms with Gasteiger partial charge in [-0.3, -0.25) is 0 Å². The third-order valence-electron chi connectivity index (χ3n) is 5.24. The van der Waals surface area contributed by atoms with Gasteiger partial charge in [0, 0.05) is 55.0 Å². The standard InChI is InChI=1S/C21H25ClFN7O/c1-11-6-29(7-12(2)26-11)15-4-16(22)19(18(24)5-15)20(25)27-13-3-17(23)21-28-14(10-31)9-30(21)8-13/h3-5,8-9,11-12,26,31H,6-7,10,24H2,1-2H3,(H2,25,27). The number of aliphatic hydroxyl groups excluding tert-OH is 1. The summed E-state index contributed by atoms with van der Waals surface area (Å²) >= 11 is 6.54. The highest BCUT2D eigenvalue weighted by Gasteiger charge is 2.23. The summed E-state index contributed by atoms with van der Waals surface area (Å²) in [5, 5.41) is 13.1. The first-order valence-electron chi connectivity index (χ1n) is 9.97. The van der Waals surface area contributed by atoms with Crippen molar-refractivity contribution in [3.05, 3.63) is 52.7 Å². The van der Waals surface area contributed by atoms with Crippen molar-refractivity contribution < 1.29 is 9.50 Å². The van der Waals surface area contributed by atoms with Crippen molar-refractivity contribution in [2.45, 2.75) is 32.5 Å². The summed E-state index contributed by atoms with van der Waals surface area (Å²) in [5.74, 6) is -0.498. The minimum atomic E-state index is -0.579. The average molecular weight is 446 g/mol. The Morgan fingerprint density at radius 2 is 2.00 bits per heavy atom. The van der Waals surface area contributed by atoms with E-state index in [1.165, 1.54) is 16.7 Å². The smallest absolute Gasteiger partial charge is 0.173 e. The summed E-state index contributed by atoms with van der Waals surface area (Å²) in [6.45, 7) is 5.65. The van der Waals surface area contributed by atoms with Crippen molar-refractivity contribution in [1.82, 2.24) is 14.7 Å². The minimum absolute atomic E-state index is 0.0809. The van der Waals surface area contributed by atoms with E-state index in [1.807, 2.05) is 12.1 Å². The number of nitrogens with one attached hydrogen (secondary N) is 1. The molecular formula is C21H25ClFN7O. The van der Waals surface area contributed by atoms with Crippen LogP contribution >= 0.6 is 11.6 Å². The molecule has 1 aliphatic heterocycles. The van der Waals surface area contributed by atoms with Gasteiger partial charge in [0.2, 0.25) is 0 Å². The number of piperazine rings is 1. The molecule has 0 saturated carbocycles. The molecule has 0 spiro atoms. The number of pyridine rings is 1. The summed E-state index contributed by atoms with van der Waals surface area (Å²) in [5.41, 5.74) is 14.9. The highest BCUT2D eigenvalue weighted by atomic mass is 35.5. The van der Waals surface area contributed by atoms with Crippen molar-refractivity contribution >= 4 is 40.1 Å². The van der Waals surface area contributed by atoms with Gasteiger partial charge in [-0.1, -0.05) is 11.6 Å². The lowest BCUT2D eigenvalue weighted by Gasteiger charge is -2.38. The Hall–Kier alpha value is -2.88. The van der Waals surface area contributed by atoms with Gasteiger partial charge in [-0.15, -0.1) is 0 Å². The van der Waals surface area contributed by atoms with E-state index >= 15 is 0 Å². The molecule has 1 saturated heterocycles. The molecule has 1 aliphatic rings. The SMILES string of the molecule is CC1CN(c2cc(N)c(C(N)=Nc3cc(F)c4nc(CO)cn4c3)c(Cl)c2)CC(C)N1. The molecular weight excluding hydrogens is 421 g/mol. The topological polar surface area (TPSA) is 117 Å². The number of anilines is 2. The Kier molecular flexibility index (Phi) is 5.74. The maximum atomic E-state index is 14.4. The van der Waals surface area contributed by atoms with Gasteiger partial charge in [-0.25, -0.2) is 14.4 Å². The van der Waals surface area contributed by atoms with Gasteiger partial charge < -0.3 is 31.2 Å². The highest BCUT2D eigenvalue weighted by molar-refractivity contribution is 6.35. The summed E-state index contributed by atoms with van der Waals surface area (Å²) in [6, 6.07) is 5.57. The molecule has 0 aliphatic carbocycles. The number of nitrogens with two attached hydrogens (primary N) is 2. The molecule has 0 amide bonds. The molecule has 0 radical (unpaired) electrons. The fourth-order valence-corrected chi connectivity index (χ4v) is 4.35. The second-order valence-electron chi connectivity index (χ2n) is 7.93. The molecule has 2 aromatic heterocycles. The van der Waals surface area contributed by atoms with Crippen molar-refractivity contribution in [3.63, 3.8) is 0 Å². The van der Waals surface area contributed by atoms with Crippen molar-refractivity contribution in [2.75, 3.05) is 23.7 Å². The minimum Gasteiger partial charge on any atom is -0.398 e. The summed E-state index contributed by atoms with van der Waals surface area (Å²) in [7, 11) is 0. The number of benzene rings is 1. The maximum absolute atomic E-state index is 14.4. The monoisotopic (exact) mass is 445 g/mol.